The first kappa shape index (κ1) is 22.2. The fourth-order valence-corrected chi connectivity index (χ4v) is 4.54. The van der Waals surface area contributed by atoms with Gasteiger partial charge in [0.05, 0.1) is 10.6 Å². The van der Waals surface area contributed by atoms with E-state index in [1.807, 2.05) is 19.9 Å². The van der Waals surface area contributed by atoms with Gasteiger partial charge in [0.2, 0.25) is 5.91 Å². The van der Waals surface area contributed by atoms with E-state index in [2.05, 4.69) is 10.0 Å². The van der Waals surface area contributed by atoms with E-state index in [1.165, 1.54) is 11.8 Å². The number of carbonyl (C=O) groups excluding carboxylic acids is 1. The molecule has 2 N–H and O–H groups in total. The summed E-state index contributed by atoms with van der Waals surface area (Å²) in [6, 6.07) is 18.9. The van der Waals surface area contributed by atoms with Crippen molar-refractivity contribution in [3.8, 4) is 0 Å². The van der Waals surface area contributed by atoms with Gasteiger partial charge in [-0.3, -0.25) is 9.52 Å². The van der Waals surface area contributed by atoms with Crippen LogP contribution in [0.1, 0.15) is 11.1 Å². The summed E-state index contributed by atoms with van der Waals surface area (Å²) in [5, 5.41) is 3.41. The topological polar surface area (TPSA) is 75.3 Å². The molecule has 0 spiro atoms. The minimum Gasteiger partial charge on any atom is -0.325 e. The van der Waals surface area contributed by atoms with E-state index >= 15 is 0 Å². The number of anilines is 2. The SMILES string of the molecule is Cc1ccc(S(=O)(=O)Nc2ccc(SCC(=O)Nc3cc(Cl)ccc3C)cc2)cc1. The highest BCUT2D eigenvalue weighted by Crippen LogP contribution is 2.24. The van der Waals surface area contributed by atoms with Crippen molar-refractivity contribution in [2.75, 3.05) is 15.8 Å². The van der Waals surface area contributed by atoms with Crippen LogP contribution in [0.15, 0.2) is 76.5 Å². The second-order valence-corrected chi connectivity index (χ2v) is 9.91. The van der Waals surface area contributed by atoms with Crippen LogP contribution in [0.4, 0.5) is 11.4 Å². The Labute approximate surface area is 185 Å². The normalized spacial score (nSPS) is 11.2. The van der Waals surface area contributed by atoms with Gasteiger partial charge in [-0.1, -0.05) is 35.4 Å². The van der Waals surface area contributed by atoms with Crippen molar-refractivity contribution < 1.29 is 13.2 Å². The highest BCUT2D eigenvalue weighted by Gasteiger charge is 2.14. The van der Waals surface area contributed by atoms with Crippen molar-refractivity contribution in [3.05, 3.63) is 82.9 Å². The maximum atomic E-state index is 12.5. The summed E-state index contributed by atoms with van der Waals surface area (Å²) in [7, 11) is -3.64. The largest absolute Gasteiger partial charge is 0.325 e. The van der Waals surface area contributed by atoms with Gasteiger partial charge in [0.1, 0.15) is 0 Å². The van der Waals surface area contributed by atoms with Gasteiger partial charge < -0.3 is 5.32 Å². The minimum atomic E-state index is -3.64. The van der Waals surface area contributed by atoms with Gasteiger partial charge in [-0.2, -0.15) is 0 Å². The number of amides is 1. The molecule has 30 heavy (non-hydrogen) atoms. The Morgan fingerprint density at radius 1 is 0.967 bits per heavy atom. The van der Waals surface area contributed by atoms with Crippen molar-refractivity contribution in [2.45, 2.75) is 23.6 Å². The second-order valence-electron chi connectivity index (χ2n) is 6.74. The smallest absolute Gasteiger partial charge is 0.261 e. The molecule has 0 saturated heterocycles. The van der Waals surface area contributed by atoms with Gasteiger partial charge in [0.25, 0.3) is 10.0 Å². The number of hydrogen-bond acceptors (Lipinski definition) is 4. The molecule has 3 rings (SSSR count). The van der Waals surface area contributed by atoms with Crippen molar-refractivity contribution in [1.29, 1.82) is 0 Å². The Balaban J connectivity index is 1.57. The summed E-state index contributed by atoms with van der Waals surface area (Å²) < 4.78 is 27.5. The van der Waals surface area contributed by atoms with Crippen LogP contribution in [0.3, 0.4) is 0 Å². The van der Waals surface area contributed by atoms with Gasteiger partial charge in [-0.05, 0) is 67.9 Å². The van der Waals surface area contributed by atoms with E-state index in [0.29, 0.717) is 16.4 Å². The average Bonchev–Trinajstić information content (AvgIpc) is 2.70. The number of carbonyl (C=O) groups is 1. The summed E-state index contributed by atoms with van der Waals surface area (Å²) in [4.78, 5) is 13.3. The Morgan fingerprint density at radius 2 is 1.63 bits per heavy atom. The van der Waals surface area contributed by atoms with E-state index < -0.39 is 10.0 Å². The molecule has 0 radical (unpaired) electrons. The van der Waals surface area contributed by atoms with E-state index in [-0.39, 0.29) is 16.6 Å². The summed E-state index contributed by atoms with van der Waals surface area (Å²) in [6.45, 7) is 3.80. The van der Waals surface area contributed by atoms with Crippen LogP contribution in [0.5, 0.6) is 0 Å². The van der Waals surface area contributed by atoms with E-state index in [4.69, 9.17) is 11.6 Å². The molecule has 0 aliphatic rings. The molecule has 0 saturated carbocycles. The molecule has 5 nitrogen and oxygen atoms in total. The predicted molar refractivity (Wildman–Crippen MR) is 124 cm³/mol. The molecule has 3 aromatic carbocycles. The standard InChI is InChI=1S/C22H21ClN2O3S2/c1-15-3-11-20(12-4-15)30(27,28)25-18-7-9-19(10-8-18)29-14-22(26)24-21-13-17(23)6-5-16(21)2/h3-13,25H,14H2,1-2H3,(H,24,26). The average molecular weight is 461 g/mol. The fraction of sp³-hybridized carbons (Fsp3) is 0.136. The number of hydrogen-bond donors (Lipinski definition) is 2. The second kappa shape index (κ2) is 9.55. The Morgan fingerprint density at radius 3 is 2.30 bits per heavy atom. The number of thioether (sulfide) groups is 1. The summed E-state index contributed by atoms with van der Waals surface area (Å²) in [6.07, 6.45) is 0. The molecule has 0 fully saturated rings. The lowest BCUT2D eigenvalue weighted by atomic mass is 10.2. The molecule has 0 bridgehead atoms. The van der Waals surface area contributed by atoms with Crippen LogP contribution in [0.25, 0.3) is 0 Å². The molecule has 0 aromatic heterocycles. The first-order valence-corrected chi connectivity index (χ1v) is 12.0. The van der Waals surface area contributed by atoms with E-state index in [1.54, 1.807) is 60.7 Å². The maximum Gasteiger partial charge on any atom is 0.261 e. The lowest BCUT2D eigenvalue weighted by Crippen LogP contribution is -2.14. The van der Waals surface area contributed by atoms with E-state index in [9.17, 15) is 13.2 Å². The number of aryl methyl sites for hydroxylation is 2. The zero-order chi connectivity index (χ0) is 21.7. The van der Waals surface area contributed by atoms with Crippen LogP contribution in [0, 0.1) is 13.8 Å². The monoisotopic (exact) mass is 460 g/mol. The van der Waals surface area contributed by atoms with Crippen LogP contribution in [-0.4, -0.2) is 20.1 Å². The molecule has 0 atom stereocenters. The molecular weight excluding hydrogens is 440 g/mol. The minimum absolute atomic E-state index is 0.144. The molecule has 0 heterocycles. The lowest BCUT2D eigenvalue weighted by molar-refractivity contribution is -0.113. The van der Waals surface area contributed by atoms with Crippen molar-refractivity contribution in [1.82, 2.24) is 0 Å². The van der Waals surface area contributed by atoms with Gasteiger partial charge >= 0.3 is 0 Å². The zero-order valence-corrected chi connectivity index (χ0v) is 18.9. The first-order chi connectivity index (χ1) is 14.2. The summed E-state index contributed by atoms with van der Waals surface area (Å²) in [5.41, 5.74) is 3.07. The van der Waals surface area contributed by atoms with Gasteiger partial charge in [0.15, 0.2) is 0 Å². The highest BCUT2D eigenvalue weighted by molar-refractivity contribution is 8.00. The predicted octanol–water partition coefficient (Wildman–Crippen LogP) is 5.49. The fourth-order valence-electron chi connectivity index (χ4n) is 2.61. The quantitative estimate of drug-likeness (QED) is 0.457. The Hall–Kier alpha value is -2.48. The molecule has 8 heteroatoms. The third kappa shape index (κ3) is 6.01. The lowest BCUT2D eigenvalue weighted by Gasteiger charge is -2.10. The Bertz CT molecular complexity index is 1150. The number of halogens is 1. The zero-order valence-electron chi connectivity index (χ0n) is 16.5. The number of nitrogens with one attached hydrogen (secondary N) is 2. The van der Waals surface area contributed by atoms with Crippen LogP contribution in [0.2, 0.25) is 5.02 Å². The third-order valence-electron chi connectivity index (χ3n) is 4.28. The number of rotatable bonds is 7. The first-order valence-electron chi connectivity index (χ1n) is 9.11. The van der Waals surface area contributed by atoms with E-state index in [0.717, 1.165) is 16.0 Å². The molecule has 0 aliphatic heterocycles. The molecule has 0 unspecified atom stereocenters. The summed E-state index contributed by atoms with van der Waals surface area (Å²) >= 11 is 7.33. The Kier molecular flexibility index (Phi) is 7.07. The highest BCUT2D eigenvalue weighted by atomic mass is 35.5. The van der Waals surface area contributed by atoms with Gasteiger partial charge in [0, 0.05) is 21.3 Å². The number of benzene rings is 3. The summed E-state index contributed by atoms with van der Waals surface area (Å²) in [5.74, 6) is 0.0786. The molecule has 1 amide bonds. The van der Waals surface area contributed by atoms with Crippen LogP contribution >= 0.6 is 23.4 Å². The van der Waals surface area contributed by atoms with Crippen molar-refractivity contribution in [3.63, 3.8) is 0 Å². The van der Waals surface area contributed by atoms with Gasteiger partial charge in [-0.25, -0.2) is 8.42 Å². The molecule has 0 aliphatic carbocycles. The number of sulfonamides is 1. The third-order valence-corrected chi connectivity index (χ3v) is 6.93. The van der Waals surface area contributed by atoms with Crippen molar-refractivity contribution in [2.24, 2.45) is 0 Å². The maximum absolute atomic E-state index is 12.5. The van der Waals surface area contributed by atoms with Crippen LogP contribution < -0.4 is 10.0 Å². The van der Waals surface area contributed by atoms with Gasteiger partial charge in [-0.15, -0.1) is 11.8 Å². The van der Waals surface area contributed by atoms with Crippen LogP contribution in [-0.2, 0) is 14.8 Å². The molecule has 156 valence electrons. The van der Waals surface area contributed by atoms with Crippen molar-refractivity contribution >= 4 is 50.7 Å². The molecule has 3 aromatic rings. The molecular formula is C22H21ClN2O3S2.